The van der Waals surface area contributed by atoms with E-state index >= 15 is 0 Å². The van der Waals surface area contributed by atoms with Gasteiger partial charge in [0.15, 0.2) is 0 Å². The molecular weight excluding hydrogens is 322 g/mol. The Morgan fingerprint density at radius 3 is 2.75 bits per heavy atom. The fourth-order valence-electron chi connectivity index (χ4n) is 2.19. The van der Waals surface area contributed by atoms with Crippen molar-refractivity contribution in [2.24, 2.45) is 0 Å². The lowest BCUT2D eigenvalue weighted by atomic mass is 10.1. The lowest BCUT2D eigenvalue weighted by molar-refractivity contribution is -0.113. The van der Waals surface area contributed by atoms with Crippen LogP contribution >= 0.6 is 11.8 Å². The number of aryl methyl sites for hydroxylation is 2. The van der Waals surface area contributed by atoms with E-state index in [1.807, 2.05) is 62.4 Å². The molecular formula is C18H17N3O2S. The van der Waals surface area contributed by atoms with Crippen LogP contribution in [0.15, 0.2) is 58.2 Å². The van der Waals surface area contributed by atoms with Gasteiger partial charge in [0.05, 0.1) is 5.75 Å². The lowest BCUT2D eigenvalue weighted by Gasteiger charge is -2.06. The summed E-state index contributed by atoms with van der Waals surface area (Å²) in [4.78, 5) is 12.0. The number of benzene rings is 2. The zero-order valence-corrected chi connectivity index (χ0v) is 14.3. The topological polar surface area (TPSA) is 68.0 Å². The van der Waals surface area contributed by atoms with Crippen LogP contribution in [-0.4, -0.2) is 21.9 Å². The third-order valence-electron chi connectivity index (χ3n) is 3.42. The number of aromatic nitrogens is 2. The molecule has 6 heteroatoms. The number of thioether (sulfide) groups is 1. The van der Waals surface area contributed by atoms with Crippen LogP contribution in [0.1, 0.15) is 11.1 Å². The van der Waals surface area contributed by atoms with E-state index in [2.05, 4.69) is 15.5 Å². The molecule has 3 aromatic rings. The molecule has 0 saturated heterocycles. The Hall–Kier alpha value is -2.60. The van der Waals surface area contributed by atoms with Crippen LogP contribution in [0.4, 0.5) is 5.69 Å². The molecule has 2 aromatic carbocycles. The molecule has 0 unspecified atom stereocenters. The van der Waals surface area contributed by atoms with Gasteiger partial charge < -0.3 is 9.73 Å². The van der Waals surface area contributed by atoms with Gasteiger partial charge in [-0.15, -0.1) is 10.2 Å². The minimum atomic E-state index is -0.107. The largest absolute Gasteiger partial charge is 0.411 e. The van der Waals surface area contributed by atoms with Gasteiger partial charge in [-0.1, -0.05) is 47.7 Å². The van der Waals surface area contributed by atoms with Crippen molar-refractivity contribution in [3.8, 4) is 11.5 Å². The highest BCUT2D eigenvalue weighted by Crippen LogP contribution is 2.24. The summed E-state index contributed by atoms with van der Waals surface area (Å²) in [5.41, 5.74) is 3.83. The Balaban J connectivity index is 1.59. The predicted octanol–water partition coefficient (Wildman–Crippen LogP) is 4.08. The van der Waals surface area contributed by atoms with Gasteiger partial charge in [-0.05, 0) is 37.6 Å². The van der Waals surface area contributed by atoms with Gasteiger partial charge >= 0.3 is 0 Å². The highest BCUT2D eigenvalue weighted by Gasteiger charge is 2.12. The average molecular weight is 339 g/mol. The number of rotatable bonds is 5. The first-order valence-electron chi connectivity index (χ1n) is 7.50. The van der Waals surface area contributed by atoms with Gasteiger partial charge in [0, 0.05) is 11.3 Å². The lowest BCUT2D eigenvalue weighted by Crippen LogP contribution is -2.14. The molecule has 0 spiro atoms. The van der Waals surface area contributed by atoms with Crippen LogP contribution in [0, 0.1) is 13.8 Å². The van der Waals surface area contributed by atoms with E-state index < -0.39 is 0 Å². The summed E-state index contributed by atoms with van der Waals surface area (Å²) >= 11 is 1.22. The number of amides is 1. The van der Waals surface area contributed by atoms with E-state index in [-0.39, 0.29) is 11.7 Å². The van der Waals surface area contributed by atoms with E-state index in [4.69, 9.17) is 4.42 Å². The highest BCUT2D eigenvalue weighted by molar-refractivity contribution is 7.99. The van der Waals surface area contributed by atoms with Crippen molar-refractivity contribution < 1.29 is 9.21 Å². The number of anilines is 1. The smallest absolute Gasteiger partial charge is 0.277 e. The van der Waals surface area contributed by atoms with Gasteiger partial charge in [-0.3, -0.25) is 4.79 Å². The zero-order valence-electron chi connectivity index (χ0n) is 13.4. The highest BCUT2D eigenvalue weighted by atomic mass is 32.2. The van der Waals surface area contributed by atoms with Gasteiger partial charge in [-0.25, -0.2) is 0 Å². The van der Waals surface area contributed by atoms with Crippen molar-refractivity contribution in [1.82, 2.24) is 10.2 Å². The van der Waals surface area contributed by atoms with Crippen LogP contribution in [0.25, 0.3) is 11.5 Å². The first-order valence-corrected chi connectivity index (χ1v) is 8.49. The standard InChI is InChI=1S/C18H17N3O2S/c1-12-6-5-8-14(10-12)17-20-21-18(23-17)24-11-16(22)19-15-9-4-3-7-13(15)2/h3-10H,11H2,1-2H3,(H,19,22). The van der Waals surface area contributed by atoms with Crippen molar-refractivity contribution >= 4 is 23.4 Å². The summed E-state index contributed by atoms with van der Waals surface area (Å²) in [6.45, 7) is 3.96. The van der Waals surface area contributed by atoms with Crippen molar-refractivity contribution in [2.75, 3.05) is 11.1 Å². The molecule has 0 fully saturated rings. The summed E-state index contributed by atoms with van der Waals surface area (Å²) in [5.74, 6) is 0.564. The van der Waals surface area contributed by atoms with Crippen molar-refractivity contribution in [3.05, 3.63) is 59.7 Å². The molecule has 1 aromatic heterocycles. The maximum atomic E-state index is 12.0. The average Bonchev–Trinajstić information content (AvgIpc) is 3.04. The maximum absolute atomic E-state index is 12.0. The van der Waals surface area contributed by atoms with Gasteiger partial charge in [0.2, 0.25) is 11.8 Å². The van der Waals surface area contributed by atoms with Crippen LogP contribution in [0.2, 0.25) is 0 Å². The van der Waals surface area contributed by atoms with Gasteiger partial charge in [0.25, 0.3) is 5.22 Å². The second-order valence-electron chi connectivity index (χ2n) is 5.39. The Bertz CT molecular complexity index is 861. The Labute approximate surface area is 144 Å². The summed E-state index contributed by atoms with van der Waals surface area (Å²) in [5, 5.41) is 11.3. The second kappa shape index (κ2) is 7.31. The summed E-state index contributed by atoms with van der Waals surface area (Å²) in [6, 6.07) is 15.5. The molecule has 0 aliphatic heterocycles. The molecule has 0 aliphatic rings. The number of hydrogen-bond donors (Lipinski definition) is 1. The minimum absolute atomic E-state index is 0.107. The summed E-state index contributed by atoms with van der Waals surface area (Å²) in [7, 11) is 0. The zero-order chi connectivity index (χ0) is 16.9. The molecule has 0 radical (unpaired) electrons. The molecule has 0 atom stereocenters. The number of nitrogens with zero attached hydrogens (tertiary/aromatic N) is 2. The van der Waals surface area contributed by atoms with Crippen molar-refractivity contribution in [3.63, 3.8) is 0 Å². The Kier molecular flexibility index (Phi) is 4.96. The molecule has 5 nitrogen and oxygen atoms in total. The van der Waals surface area contributed by atoms with E-state index in [1.165, 1.54) is 11.8 Å². The van der Waals surface area contributed by atoms with Crippen molar-refractivity contribution in [2.45, 2.75) is 19.1 Å². The molecule has 1 amide bonds. The number of nitrogens with one attached hydrogen (secondary N) is 1. The number of carbonyl (C=O) groups is 1. The summed E-state index contributed by atoms with van der Waals surface area (Å²) in [6.07, 6.45) is 0. The first-order chi connectivity index (χ1) is 11.6. The molecule has 122 valence electrons. The number of carbonyl (C=O) groups excluding carboxylic acids is 1. The fraction of sp³-hybridized carbons (Fsp3) is 0.167. The number of para-hydroxylation sites is 1. The molecule has 3 rings (SSSR count). The molecule has 0 saturated carbocycles. The second-order valence-corrected chi connectivity index (χ2v) is 6.32. The van der Waals surface area contributed by atoms with Gasteiger partial charge in [-0.2, -0.15) is 0 Å². The van der Waals surface area contributed by atoms with Crippen molar-refractivity contribution in [1.29, 1.82) is 0 Å². The van der Waals surface area contributed by atoms with E-state index in [0.29, 0.717) is 11.1 Å². The normalized spacial score (nSPS) is 10.6. The quantitative estimate of drug-likeness (QED) is 0.709. The van der Waals surface area contributed by atoms with Crippen LogP contribution < -0.4 is 5.32 Å². The molecule has 0 aliphatic carbocycles. The minimum Gasteiger partial charge on any atom is -0.411 e. The third-order valence-corrected chi connectivity index (χ3v) is 4.24. The predicted molar refractivity (Wildman–Crippen MR) is 95.0 cm³/mol. The number of hydrogen-bond acceptors (Lipinski definition) is 5. The SMILES string of the molecule is Cc1cccc(-c2nnc(SCC(=O)Nc3ccccc3C)o2)c1. The van der Waals surface area contributed by atoms with Gasteiger partial charge in [0.1, 0.15) is 0 Å². The Morgan fingerprint density at radius 2 is 1.96 bits per heavy atom. The van der Waals surface area contributed by atoms with E-state index in [0.717, 1.165) is 22.4 Å². The Morgan fingerprint density at radius 1 is 1.12 bits per heavy atom. The van der Waals surface area contributed by atoms with E-state index in [9.17, 15) is 4.79 Å². The van der Waals surface area contributed by atoms with Crippen LogP contribution in [0.3, 0.4) is 0 Å². The maximum Gasteiger partial charge on any atom is 0.277 e. The van der Waals surface area contributed by atoms with Crippen LogP contribution in [0.5, 0.6) is 0 Å². The summed E-state index contributed by atoms with van der Waals surface area (Å²) < 4.78 is 5.61. The first kappa shape index (κ1) is 16.3. The molecule has 0 bridgehead atoms. The monoisotopic (exact) mass is 339 g/mol. The third kappa shape index (κ3) is 4.02. The van der Waals surface area contributed by atoms with E-state index in [1.54, 1.807) is 0 Å². The molecule has 1 heterocycles. The van der Waals surface area contributed by atoms with Crippen LogP contribution in [-0.2, 0) is 4.79 Å². The molecule has 1 N–H and O–H groups in total. The molecule has 24 heavy (non-hydrogen) atoms. The fourth-order valence-corrected chi connectivity index (χ4v) is 2.75.